The quantitative estimate of drug-likeness (QED) is 0.526. The topological polar surface area (TPSA) is 73.8 Å². The molecule has 0 aliphatic heterocycles. The van der Waals surface area contributed by atoms with Crippen molar-refractivity contribution in [2.75, 3.05) is 21.1 Å². The lowest BCUT2D eigenvalue weighted by Crippen LogP contribution is -2.42. The van der Waals surface area contributed by atoms with Crippen LogP contribution < -0.4 is 10.6 Å². The minimum Gasteiger partial charge on any atom is -0.354 e. The van der Waals surface area contributed by atoms with Crippen molar-refractivity contribution >= 4 is 16.0 Å². The lowest BCUT2D eigenvalue weighted by atomic mass is 10.1. The van der Waals surface area contributed by atoms with Crippen LogP contribution >= 0.6 is 0 Å². The number of aliphatic imine (C=N–C) groups is 1. The molecule has 0 heterocycles. The van der Waals surface area contributed by atoms with Crippen molar-refractivity contribution in [3.05, 3.63) is 65.7 Å². The fraction of sp³-hybridized carbons (Fsp3) is 0.381. The first-order valence-corrected chi connectivity index (χ1v) is 10.8. The average Bonchev–Trinajstić information content (AvgIpc) is 2.70. The molecule has 1 atom stereocenters. The van der Waals surface area contributed by atoms with E-state index in [1.807, 2.05) is 18.2 Å². The Labute approximate surface area is 168 Å². The number of hydrogen-bond acceptors (Lipinski definition) is 3. The molecule has 0 saturated carbocycles. The highest BCUT2D eigenvalue weighted by atomic mass is 32.2. The maximum Gasteiger partial charge on any atom is 0.242 e. The zero-order valence-electron chi connectivity index (χ0n) is 17.0. The third-order valence-corrected chi connectivity index (χ3v) is 6.31. The number of hydrogen-bond donors (Lipinski definition) is 2. The van der Waals surface area contributed by atoms with Crippen LogP contribution in [0.2, 0.25) is 0 Å². The number of nitrogens with one attached hydrogen (secondary N) is 2. The Morgan fingerprint density at radius 2 is 1.68 bits per heavy atom. The molecule has 7 heteroatoms. The van der Waals surface area contributed by atoms with Gasteiger partial charge in [-0.25, -0.2) is 12.7 Å². The third-order valence-electron chi connectivity index (χ3n) is 4.48. The second-order valence-corrected chi connectivity index (χ2v) is 9.08. The van der Waals surface area contributed by atoms with Crippen LogP contribution in [0.3, 0.4) is 0 Å². The predicted octanol–water partition coefficient (Wildman–Crippen LogP) is 2.62. The Bertz CT molecular complexity index is 863. The molecular formula is C21H30N4O2S. The number of rotatable bonds is 8. The van der Waals surface area contributed by atoms with E-state index in [1.165, 1.54) is 24.0 Å². The van der Waals surface area contributed by atoms with Gasteiger partial charge in [0.2, 0.25) is 10.0 Å². The summed E-state index contributed by atoms with van der Waals surface area (Å²) >= 11 is 0. The van der Waals surface area contributed by atoms with Gasteiger partial charge >= 0.3 is 0 Å². The van der Waals surface area contributed by atoms with E-state index in [2.05, 4.69) is 46.8 Å². The summed E-state index contributed by atoms with van der Waals surface area (Å²) in [7, 11) is 1.40. The maximum absolute atomic E-state index is 12.1. The molecule has 28 heavy (non-hydrogen) atoms. The van der Waals surface area contributed by atoms with Crippen LogP contribution in [0.1, 0.15) is 24.5 Å². The minimum atomic E-state index is -3.40. The molecule has 0 spiro atoms. The van der Waals surface area contributed by atoms with Crippen molar-refractivity contribution in [2.24, 2.45) is 4.99 Å². The first-order chi connectivity index (χ1) is 13.3. The predicted molar refractivity (Wildman–Crippen MR) is 115 cm³/mol. The van der Waals surface area contributed by atoms with Crippen LogP contribution in [-0.4, -0.2) is 45.9 Å². The average molecular weight is 403 g/mol. The van der Waals surface area contributed by atoms with Crippen molar-refractivity contribution in [2.45, 2.75) is 37.2 Å². The molecule has 2 N–H and O–H groups in total. The van der Waals surface area contributed by atoms with E-state index in [9.17, 15) is 8.42 Å². The lowest BCUT2D eigenvalue weighted by Gasteiger charge is -2.18. The summed E-state index contributed by atoms with van der Waals surface area (Å²) in [6, 6.07) is 17.6. The molecule has 0 radical (unpaired) electrons. The van der Waals surface area contributed by atoms with Gasteiger partial charge in [-0.1, -0.05) is 42.5 Å². The standard InChI is InChI=1S/C21H30N4O2S/c1-17(10-11-18-8-6-5-7-9-18)24-21(22-2)23-16-19-12-14-20(15-13-19)28(26,27)25(3)4/h5-9,12-15,17H,10-11,16H2,1-4H3,(H2,22,23,24). The van der Waals surface area contributed by atoms with Crippen LogP contribution in [0.25, 0.3) is 0 Å². The first kappa shape index (κ1) is 21.9. The van der Waals surface area contributed by atoms with E-state index in [0.717, 1.165) is 24.4 Å². The highest BCUT2D eigenvalue weighted by Gasteiger charge is 2.16. The highest BCUT2D eigenvalue weighted by molar-refractivity contribution is 7.89. The van der Waals surface area contributed by atoms with Crippen molar-refractivity contribution in [3.63, 3.8) is 0 Å². The Hall–Kier alpha value is -2.38. The molecule has 2 rings (SSSR count). The Kier molecular flexibility index (Phi) is 8.02. The molecule has 0 amide bonds. The number of guanidine groups is 1. The summed E-state index contributed by atoms with van der Waals surface area (Å²) in [5.41, 5.74) is 2.31. The molecule has 2 aromatic rings. The van der Waals surface area contributed by atoms with E-state index in [4.69, 9.17) is 0 Å². The highest BCUT2D eigenvalue weighted by Crippen LogP contribution is 2.14. The summed E-state index contributed by atoms with van der Waals surface area (Å²) in [4.78, 5) is 4.56. The Balaban J connectivity index is 1.84. The second kappa shape index (κ2) is 10.2. The SMILES string of the molecule is CN=C(NCc1ccc(S(=O)(=O)N(C)C)cc1)NC(C)CCc1ccccc1. The summed E-state index contributed by atoms with van der Waals surface area (Å²) in [5.74, 6) is 0.727. The molecule has 0 aliphatic rings. The maximum atomic E-state index is 12.1. The molecule has 0 bridgehead atoms. The van der Waals surface area contributed by atoms with Gasteiger partial charge in [-0.3, -0.25) is 4.99 Å². The largest absolute Gasteiger partial charge is 0.354 e. The van der Waals surface area contributed by atoms with Crippen LogP contribution in [0.5, 0.6) is 0 Å². The van der Waals surface area contributed by atoms with Crippen LogP contribution in [-0.2, 0) is 23.0 Å². The fourth-order valence-corrected chi connectivity index (χ4v) is 3.61. The zero-order valence-corrected chi connectivity index (χ0v) is 17.8. The number of benzene rings is 2. The normalized spacial score (nSPS) is 13.4. The Morgan fingerprint density at radius 3 is 2.25 bits per heavy atom. The monoisotopic (exact) mass is 402 g/mol. The molecule has 0 aromatic heterocycles. The molecule has 6 nitrogen and oxygen atoms in total. The van der Waals surface area contributed by atoms with Crippen molar-refractivity contribution in [1.82, 2.24) is 14.9 Å². The van der Waals surface area contributed by atoms with E-state index < -0.39 is 10.0 Å². The van der Waals surface area contributed by atoms with Gasteiger partial charge in [0.25, 0.3) is 0 Å². The summed E-state index contributed by atoms with van der Waals surface area (Å²) in [5, 5.41) is 6.67. The molecule has 0 saturated heterocycles. The van der Waals surface area contributed by atoms with Crippen LogP contribution in [0, 0.1) is 0 Å². The van der Waals surface area contributed by atoms with Gasteiger partial charge < -0.3 is 10.6 Å². The van der Waals surface area contributed by atoms with Gasteiger partial charge in [-0.2, -0.15) is 0 Å². The van der Waals surface area contributed by atoms with Crippen LogP contribution in [0.4, 0.5) is 0 Å². The third kappa shape index (κ3) is 6.35. The number of aryl methyl sites for hydroxylation is 1. The first-order valence-electron chi connectivity index (χ1n) is 9.35. The minimum absolute atomic E-state index is 0.277. The van der Waals surface area contributed by atoms with Gasteiger partial charge in [0.15, 0.2) is 5.96 Å². The lowest BCUT2D eigenvalue weighted by molar-refractivity contribution is 0.520. The van der Waals surface area contributed by atoms with E-state index >= 15 is 0 Å². The molecule has 2 aromatic carbocycles. The van der Waals surface area contributed by atoms with Crippen molar-refractivity contribution < 1.29 is 8.42 Å². The molecule has 152 valence electrons. The molecule has 1 unspecified atom stereocenters. The van der Waals surface area contributed by atoms with Crippen molar-refractivity contribution in [3.8, 4) is 0 Å². The zero-order chi connectivity index (χ0) is 20.6. The summed E-state index contributed by atoms with van der Waals surface area (Å²) in [6.45, 7) is 2.70. The molecule has 0 aliphatic carbocycles. The van der Waals surface area contributed by atoms with Crippen LogP contribution in [0.15, 0.2) is 64.5 Å². The van der Waals surface area contributed by atoms with Gasteiger partial charge in [0.1, 0.15) is 0 Å². The van der Waals surface area contributed by atoms with Crippen molar-refractivity contribution in [1.29, 1.82) is 0 Å². The second-order valence-electron chi connectivity index (χ2n) is 6.93. The molecular weight excluding hydrogens is 372 g/mol. The summed E-state index contributed by atoms with van der Waals surface area (Å²) < 4.78 is 25.5. The van der Waals surface area contributed by atoms with Gasteiger partial charge in [0.05, 0.1) is 4.90 Å². The smallest absolute Gasteiger partial charge is 0.242 e. The van der Waals surface area contributed by atoms with E-state index in [0.29, 0.717) is 11.4 Å². The van der Waals surface area contributed by atoms with Gasteiger partial charge in [-0.15, -0.1) is 0 Å². The molecule has 0 fully saturated rings. The van der Waals surface area contributed by atoms with E-state index in [-0.39, 0.29) is 6.04 Å². The van der Waals surface area contributed by atoms with Gasteiger partial charge in [-0.05, 0) is 43.0 Å². The number of nitrogens with zero attached hydrogens (tertiary/aromatic N) is 2. The fourth-order valence-electron chi connectivity index (χ4n) is 2.70. The summed E-state index contributed by atoms with van der Waals surface area (Å²) in [6.07, 6.45) is 2.01. The number of sulfonamides is 1. The van der Waals surface area contributed by atoms with E-state index in [1.54, 1.807) is 19.2 Å². The van der Waals surface area contributed by atoms with Gasteiger partial charge in [0, 0.05) is 33.7 Å². The Morgan fingerprint density at radius 1 is 1.04 bits per heavy atom.